The van der Waals surface area contributed by atoms with E-state index in [1.807, 2.05) is 0 Å². The molecule has 0 amide bonds. The molecule has 1 N–H and O–H groups in total. The topological polar surface area (TPSA) is 41.0 Å². The predicted molar refractivity (Wildman–Crippen MR) is 89.0 cm³/mol. The molecular weight excluding hydrogens is 260 g/mol. The highest BCUT2D eigenvalue weighted by Gasteiger charge is 2.21. The largest absolute Gasteiger partial charge is 0.353 e. The van der Waals surface area contributed by atoms with Gasteiger partial charge in [0.05, 0.1) is 0 Å². The van der Waals surface area contributed by atoms with Gasteiger partial charge in [-0.3, -0.25) is 0 Å². The van der Waals surface area contributed by atoms with E-state index in [0.717, 1.165) is 30.4 Å². The molecular formula is C17H30N4. The number of anilines is 1. The average Bonchev–Trinajstić information content (AvgIpc) is 2.44. The molecule has 1 aliphatic heterocycles. The maximum atomic E-state index is 4.81. The number of rotatable bonds is 5. The lowest BCUT2D eigenvalue weighted by Crippen LogP contribution is -2.46. The van der Waals surface area contributed by atoms with Crippen LogP contribution in [0, 0.1) is 6.92 Å². The number of aryl methyl sites for hydroxylation is 1. The van der Waals surface area contributed by atoms with Crippen molar-refractivity contribution in [2.45, 2.75) is 71.9 Å². The first-order valence-electron chi connectivity index (χ1n) is 8.33. The average molecular weight is 290 g/mol. The zero-order valence-electron chi connectivity index (χ0n) is 14.2. The summed E-state index contributed by atoms with van der Waals surface area (Å²) in [5, 5.41) is 3.64. The molecule has 0 radical (unpaired) electrons. The van der Waals surface area contributed by atoms with Crippen LogP contribution in [0.25, 0.3) is 0 Å². The number of hydrogen-bond donors (Lipinski definition) is 1. The van der Waals surface area contributed by atoms with Crippen LogP contribution in [0.1, 0.15) is 64.4 Å². The number of hydrogen-bond acceptors (Lipinski definition) is 4. The Hall–Kier alpha value is -1.16. The van der Waals surface area contributed by atoms with Crippen LogP contribution in [0.5, 0.6) is 0 Å². The quantitative estimate of drug-likeness (QED) is 0.903. The fourth-order valence-corrected chi connectivity index (χ4v) is 2.87. The van der Waals surface area contributed by atoms with Crippen molar-refractivity contribution >= 4 is 5.82 Å². The van der Waals surface area contributed by atoms with Gasteiger partial charge < -0.3 is 10.2 Å². The van der Waals surface area contributed by atoms with E-state index in [-0.39, 0.29) is 0 Å². The first kappa shape index (κ1) is 16.2. The fourth-order valence-electron chi connectivity index (χ4n) is 2.87. The Morgan fingerprint density at radius 2 is 2.00 bits per heavy atom. The zero-order chi connectivity index (χ0) is 15.4. The van der Waals surface area contributed by atoms with Gasteiger partial charge in [0.15, 0.2) is 0 Å². The summed E-state index contributed by atoms with van der Waals surface area (Å²) in [5.74, 6) is 2.39. The number of nitrogens with one attached hydrogen (secondary N) is 1. The van der Waals surface area contributed by atoms with Gasteiger partial charge >= 0.3 is 0 Å². The van der Waals surface area contributed by atoms with Crippen molar-refractivity contribution in [1.82, 2.24) is 15.3 Å². The second-order valence-electron chi connectivity index (χ2n) is 6.77. The molecule has 1 aromatic heterocycles. The summed E-state index contributed by atoms with van der Waals surface area (Å²) in [7, 11) is 0. The molecule has 4 nitrogen and oxygen atoms in total. The minimum atomic E-state index is 0.366. The smallest absolute Gasteiger partial charge is 0.133 e. The van der Waals surface area contributed by atoms with Crippen LogP contribution in [-0.4, -0.2) is 35.1 Å². The standard InChI is InChI=1S/C17H30N4/c1-12(2)17-19-14(5)10-16(20-17)21(13(3)4)11-15-8-6-7-9-18-15/h10,12-13,15,18H,6-9,11H2,1-5H3. The lowest BCUT2D eigenvalue weighted by Gasteiger charge is -2.34. The summed E-state index contributed by atoms with van der Waals surface area (Å²) in [6, 6.07) is 3.15. The maximum Gasteiger partial charge on any atom is 0.133 e. The molecule has 0 aromatic carbocycles. The van der Waals surface area contributed by atoms with Crippen molar-refractivity contribution in [3.05, 3.63) is 17.6 Å². The summed E-state index contributed by atoms with van der Waals surface area (Å²) < 4.78 is 0. The monoisotopic (exact) mass is 290 g/mol. The summed E-state index contributed by atoms with van der Waals surface area (Å²) in [5.41, 5.74) is 1.06. The third-order valence-corrected chi connectivity index (χ3v) is 4.12. The molecule has 0 bridgehead atoms. The summed E-state index contributed by atoms with van der Waals surface area (Å²) in [6.45, 7) is 13.0. The van der Waals surface area contributed by atoms with Crippen molar-refractivity contribution in [2.75, 3.05) is 18.0 Å². The molecule has 1 atom stereocenters. The van der Waals surface area contributed by atoms with Crippen LogP contribution in [0.3, 0.4) is 0 Å². The molecule has 1 unspecified atom stereocenters. The van der Waals surface area contributed by atoms with Crippen molar-refractivity contribution in [2.24, 2.45) is 0 Å². The van der Waals surface area contributed by atoms with E-state index in [1.165, 1.54) is 19.3 Å². The number of piperidine rings is 1. The van der Waals surface area contributed by atoms with Crippen LogP contribution >= 0.6 is 0 Å². The third kappa shape index (κ3) is 4.40. The Kier molecular flexibility index (Phi) is 5.57. The van der Waals surface area contributed by atoms with E-state index in [9.17, 15) is 0 Å². The molecule has 2 rings (SSSR count). The normalized spacial score (nSPS) is 19.3. The minimum Gasteiger partial charge on any atom is -0.353 e. The van der Waals surface area contributed by atoms with Gasteiger partial charge in [-0.15, -0.1) is 0 Å². The Morgan fingerprint density at radius 1 is 1.24 bits per heavy atom. The lowest BCUT2D eigenvalue weighted by atomic mass is 10.0. The van der Waals surface area contributed by atoms with Gasteiger partial charge in [-0.1, -0.05) is 20.3 Å². The van der Waals surface area contributed by atoms with Gasteiger partial charge in [0.1, 0.15) is 11.6 Å². The van der Waals surface area contributed by atoms with Gasteiger partial charge in [0.2, 0.25) is 0 Å². The summed E-state index contributed by atoms with van der Waals surface area (Å²) in [6.07, 6.45) is 3.91. The van der Waals surface area contributed by atoms with E-state index in [1.54, 1.807) is 0 Å². The highest BCUT2D eigenvalue weighted by molar-refractivity contribution is 5.41. The fraction of sp³-hybridized carbons (Fsp3) is 0.765. The number of aromatic nitrogens is 2. The van der Waals surface area contributed by atoms with Gasteiger partial charge in [-0.2, -0.15) is 0 Å². The van der Waals surface area contributed by atoms with Gasteiger partial charge in [0, 0.05) is 36.3 Å². The first-order valence-corrected chi connectivity index (χ1v) is 8.33. The lowest BCUT2D eigenvalue weighted by molar-refractivity contribution is 0.392. The van der Waals surface area contributed by atoms with Gasteiger partial charge in [-0.25, -0.2) is 9.97 Å². The molecule has 2 heterocycles. The van der Waals surface area contributed by atoms with Crippen molar-refractivity contribution in [1.29, 1.82) is 0 Å². The third-order valence-electron chi connectivity index (χ3n) is 4.12. The van der Waals surface area contributed by atoms with E-state index in [4.69, 9.17) is 4.98 Å². The first-order chi connectivity index (χ1) is 9.97. The van der Waals surface area contributed by atoms with Gasteiger partial charge in [0.25, 0.3) is 0 Å². The van der Waals surface area contributed by atoms with Crippen LogP contribution in [0.15, 0.2) is 6.07 Å². The van der Waals surface area contributed by atoms with Crippen molar-refractivity contribution in [3.8, 4) is 0 Å². The number of nitrogens with zero attached hydrogens (tertiary/aromatic N) is 3. The maximum absolute atomic E-state index is 4.81. The van der Waals surface area contributed by atoms with Crippen LogP contribution in [0.2, 0.25) is 0 Å². The van der Waals surface area contributed by atoms with E-state index >= 15 is 0 Å². The molecule has 0 saturated carbocycles. The molecule has 1 aromatic rings. The predicted octanol–water partition coefficient (Wildman–Crippen LogP) is 3.27. The van der Waals surface area contributed by atoms with Crippen molar-refractivity contribution < 1.29 is 0 Å². The second kappa shape index (κ2) is 7.21. The SMILES string of the molecule is Cc1cc(N(CC2CCCCN2)C(C)C)nc(C(C)C)n1. The molecule has 118 valence electrons. The highest BCUT2D eigenvalue weighted by Crippen LogP contribution is 2.20. The highest BCUT2D eigenvalue weighted by atomic mass is 15.2. The van der Waals surface area contributed by atoms with Gasteiger partial charge in [-0.05, 0) is 40.2 Å². The van der Waals surface area contributed by atoms with Crippen LogP contribution < -0.4 is 10.2 Å². The molecule has 4 heteroatoms. The second-order valence-corrected chi connectivity index (χ2v) is 6.77. The van der Waals surface area contributed by atoms with E-state index < -0.39 is 0 Å². The van der Waals surface area contributed by atoms with Crippen LogP contribution in [-0.2, 0) is 0 Å². The zero-order valence-corrected chi connectivity index (χ0v) is 14.2. The molecule has 1 saturated heterocycles. The molecule has 1 fully saturated rings. The molecule has 1 aliphatic rings. The summed E-state index contributed by atoms with van der Waals surface area (Å²) >= 11 is 0. The Balaban J connectivity index is 2.20. The summed E-state index contributed by atoms with van der Waals surface area (Å²) in [4.78, 5) is 11.8. The van der Waals surface area contributed by atoms with E-state index in [0.29, 0.717) is 18.0 Å². The minimum absolute atomic E-state index is 0.366. The molecule has 0 aliphatic carbocycles. The van der Waals surface area contributed by atoms with Crippen LogP contribution in [0.4, 0.5) is 5.82 Å². The molecule has 0 spiro atoms. The Labute approximate surface area is 129 Å². The Morgan fingerprint density at radius 3 is 2.57 bits per heavy atom. The van der Waals surface area contributed by atoms with Crippen molar-refractivity contribution in [3.63, 3.8) is 0 Å². The molecule has 21 heavy (non-hydrogen) atoms. The Bertz CT molecular complexity index is 450. The van der Waals surface area contributed by atoms with E-state index in [2.05, 4.69) is 55.9 Å².